The maximum atomic E-state index is 13.0. The maximum Gasteiger partial charge on any atom is 0.330 e. The highest BCUT2D eigenvalue weighted by Gasteiger charge is 2.23. The molecule has 0 radical (unpaired) electrons. The Kier molecular flexibility index (Phi) is 6.20. The van der Waals surface area contributed by atoms with E-state index in [1.165, 1.54) is 15.7 Å². The third-order valence-electron chi connectivity index (χ3n) is 5.05. The van der Waals surface area contributed by atoms with E-state index in [-0.39, 0.29) is 55.1 Å². The van der Waals surface area contributed by atoms with E-state index in [0.29, 0.717) is 5.76 Å². The maximum absolute atomic E-state index is 13.0. The second kappa shape index (κ2) is 9.39. The summed E-state index contributed by atoms with van der Waals surface area (Å²) in [7, 11) is 0. The van der Waals surface area contributed by atoms with Gasteiger partial charge in [0.1, 0.15) is 5.82 Å². The van der Waals surface area contributed by atoms with Gasteiger partial charge in [-0.3, -0.25) is 19.1 Å². The molecule has 1 amide bonds. The Hall–Kier alpha value is -4.41. The SMILES string of the molecule is CCN(C(=O)CCc1nc(-c2ccco2)no1)c1c(N)n(Cc2ccccc2)c(=O)[nH]c1=O. The number of hydrogen-bond acceptors (Lipinski definition) is 8. The molecule has 0 fully saturated rings. The van der Waals surface area contributed by atoms with Crippen LogP contribution in [0.1, 0.15) is 24.8 Å². The van der Waals surface area contributed by atoms with Crippen molar-refractivity contribution in [1.29, 1.82) is 0 Å². The van der Waals surface area contributed by atoms with E-state index >= 15 is 0 Å². The van der Waals surface area contributed by atoms with Crippen molar-refractivity contribution in [2.24, 2.45) is 0 Å². The number of amides is 1. The summed E-state index contributed by atoms with van der Waals surface area (Å²) in [5.74, 6) is 0.523. The largest absolute Gasteiger partial charge is 0.461 e. The van der Waals surface area contributed by atoms with Crippen LogP contribution in [0, 0.1) is 0 Å². The minimum Gasteiger partial charge on any atom is -0.461 e. The van der Waals surface area contributed by atoms with Crippen LogP contribution >= 0.6 is 0 Å². The molecule has 3 N–H and O–H groups in total. The number of aromatic amines is 1. The van der Waals surface area contributed by atoms with Crippen LogP contribution in [0.15, 0.2) is 67.3 Å². The van der Waals surface area contributed by atoms with E-state index in [1.54, 1.807) is 19.1 Å². The number of aromatic nitrogens is 4. The molecule has 11 nitrogen and oxygen atoms in total. The lowest BCUT2D eigenvalue weighted by Gasteiger charge is -2.23. The van der Waals surface area contributed by atoms with Crippen molar-refractivity contribution >= 4 is 17.4 Å². The van der Waals surface area contributed by atoms with Crippen LogP contribution in [-0.2, 0) is 17.8 Å². The molecule has 11 heteroatoms. The molecular weight excluding hydrogens is 428 g/mol. The number of benzene rings is 1. The molecule has 3 aromatic heterocycles. The molecule has 0 saturated heterocycles. The van der Waals surface area contributed by atoms with Crippen LogP contribution in [0.2, 0.25) is 0 Å². The normalized spacial score (nSPS) is 10.9. The van der Waals surface area contributed by atoms with Gasteiger partial charge in [0.2, 0.25) is 17.6 Å². The Balaban J connectivity index is 1.55. The molecule has 4 rings (SSSR count). The molecule has 1 aromatic carbocycles. The van der Waals surface area contributed by atoms with E-state index in [4.69, 9.17) is 14.7 Å². The van der Waals surface area contributed by atoms with Crippen molar-refractivity contribution in [1.82, 2.24) is 19.7 Å². The Morgan fingerprint density at radius 2 is 1.97 bits per heavy atom. The van der Waals surface area contributed by atoms with Gasteiger partial charge in [-0.05, 0) is 24.6 Å². The first kappa shape index (κ1) is 21.8. The summed E-state index contributed by atoms with van der Waals surface area (Å²) in [5.41, 5.74) is 5.59. The number of H-pyrrole nitrogens is 1. The van der Waals surface area contributed by atoms with Gasteiger partial charge in [0.05, 0.1) is 12.8 Å². The average Bonchev–Trinajstić information content (AvgIpc) is 3.50. The first-order valence-electron chi connectivity index (χ1n) is 10.3. The zero-order chi connectivity index (χ0) is 23.4. The van der Waals surface area contributed by atoms with Gasteiger partial charge in [-0.25, -0.2) is 4.79 Å². The monoisotopic (exact) mass is 450 g/mol. The minimum atomic E-state index is -0.727. The van der Waals surface area contributed by atoms with Crippen molar-refractivity contribution < 1.29 is 13.7 Å². The summed E-state index contributed by atoms with van der Waals surface area (Å²) in [4.78, 5) is 45.7. The first-order valence-corrected chi connectivity index (χ1v) is 10.3. The molecule has 0 aliphatic rings. The average molecular weight is 450 g/mol. The van der Waals surface area contributed by atoms with Gasteiger partial charge in [-0.15, -0.1) is 0 Å². The summed E-state index contributed by atoms with van der Waals surface area (Å²) in [6.45, 7) is 2.04. The number of nitrogens with zero attached hydrogens (tertiary/aromatic N) is 4. The first-order chi connectivity index (χ1) is 16.0. The fourth-order valence-corrected chi connectivity index (χ4v) is 3.43. The zero-order valence-electron chi connectivity index (χ0n) is 17.9. The molecule has 0 aliphatic heterocycles. The van der Waals surface area contributed by atoms with Gasteiger partial charge in [-0.1, -0.05) is 35.5 Å². The lowest BCUT2D eigenvalue weighted by molar-refractivity contribution is -0.118. The summed E-state index contributed by atoms with van der Waals surface area (Å²) in [6.07, 6.45) is 1.64. The number of rotatable bonds is 8. The second-order valence-electron chi connectivity index (χ2n) is 7.19. The zero-order valence-corrected chi connectivity index (χ0v) is 17.9. The second-order valence-corrected chi connectivity index (χ2v) is 7.19. The Morgan fingerprint density at radius 3 is 2.67 bits per heavy atom. The van der Waals surface area contributed by atoms with E-state index in [1.807, 2.05) is 30.3 Å². The van der Waals surface area contributed by atoms with Crippen molar-refractivity contribution in [3.63, 3.8) is 0 Å². The number of aryl methyl sites for hydroxylation is 1. The van der Waals surface area contributed by atoms with Gasteiger partial charge in [0, 0.05) is 19.4 Å². The molecule has 0 bridgehead atoms. The Bertz CT molecular complexity index is 1350. The van der Waals surface area contributed by atoms with Crippen LogP contribution in [0.4, 0.5) is 11.5 Å². The number of anilines is 2. The summed E-state index contributed by atoms with van der Waals surface area (Å²) >= 11 is 0. The van der Waals surface area contributed by atoms with Gasteiger partial charge in [0.25, 0.3) is 5.56 Å². The van der Waals surface area contributed by atoms with E-state index in [9.17, 15) is 14.4 Å². The fourth-order valence-electron chi connectivity index (χ4n) is 3.43. The third kappa shape index (κ3) is 4.61. The predicted molar refractivity (Wildman–Crippen MR) is 120 cm³/mol. The Morgan fingerprint density at radius 1 is 1.18 bits per heavy atom. The number of carbonyl (C=O) groups excluding carboxylic acids is 1. The molecule has 0 saturated carbocycles. The van der Waals surface area contributed by atoms with E-state index in [2.05, 4.69) is 15.1 Å². The number of hydrogen-bond donors (Lipinski definition) is 2. The highest BCUT2D eigenvalue weighted by molar-refractivity contribution is 5.95. The number of nitrogens with two attached hydrogens (primary N) is 1. The van der Waals surface area contributed by atoms with Crippen LogP contribution in [0.5, 0.6) is 0 Å². The minimum absolute atomic E-state index is 0.00960. The topological polar surface area (TPSA) is 153 Å². The highest BCUT2D eigenvalue weighted by atomic mass is 16.5. The van der Waals surface area contributed by atoms with E-state index in [0.717, 1.165) is 5.56 Å². The fraction of sp³-hybridized carbons (Fsp3) is 0.227. The lowest BCUT2D eigenvalue weighted by Crippen LogP contribution is -2.41. The molecular formula is C22H22N6O5. The smallest absolute Gasteiger partial charge is 0.330 e. The molecule has 33 heavy (non-hydrogen) atoms. The Labute approximate surface area is 187 Å². The van der Waals surface area contributed by atoms with Gasteiger partial charge >= 0.3 is 5.69 Å². The van der Waals surface area contributed by atoms with E-state index < -0.39 is 11.2 Å². The van der Waals surface area contributed by atoms with Crippen molar-refractivity contribution in [3.8, 4) is 11.6 Å². The third-order valence-corrected chi connectivity index (χ3v) is 5.05. The van der Waals surface area contributed by atoms with Gasteiger partial charge in [-0.2, -0.15) is 4.98 Å². The van der Waals surface area contributed by atoms with Gasteiger partial charge in [0.15, 0.2) is 11.4 Å². The quantitative estimate of drug-likeness (QED) is 0.412. The lowest BCUT2D eigenvalue weighted by atomic mass is 10.2. The highest BCUT2D eigenvalue weighted by Crippen LogP contribution is 2.20. The molecule has 4 aromatic rings. The number of nitrogens with one attached hydrogen (secondary N) is 1. The molecule has 0 unspecified atom stereocenters. The summed E-state index contributed by atoms with van der Waals surface area (Å²) in [5, 5.41) is 3.83. The van der Waals surface area contributed by atoms with Gasteiger partial charge < -0.3 is 19.6 Å². The van der Waals surface area contributed by atoms with Crippen molar-refractivity contribution in [2.45, 2.75) is 26.3 Å². The standard InChI is InChI=1S/C22H22N6O5/c1-2-27(17(29)11-10-16-24-20(26-33-16)15-9-6-12-32-15)18-19(23)28(22(31)25-21(18)30)13-14-7-4-3-5-8-14/h3-9,12H,2,10-11,13,23H2,1H3,(H,25,30,31). The van der Waals surface area contributed by atoms with Crippen molar-refractivity contribution in [3.05, 3.63) is 81.0 Å². The molecule has 0 atom stereocenters. The molecule has 0 aliphatic carbocycles. The number of furan rings is 1. The summed E-state index contributed by atoms with van der Waals surface area (Å²) in [6, 6.07) is 12.6. The predicted octanol–water partition coefficient (Wildman–Crippen LogP) is 1.80. The van der Waals surface area contributed by atoms with Crippen molar-refractivity contribution in [2.75, 3.05) is 17.2 Å². The van der Waals surface area contributed by atoms with Crippen LogP contribution < -0.4 is 21.9 Å². The van der Waals surface area contributed by atoms with Crippen LogP contribution in [0.3, 0.4) is 0 Å². The molecule has 3 heterocycles. The molecule has 0 spiro atoms. The van der Waals surface area contributed by atoms with Crippen LogP contribution in [0.25, 0.3) is 11.6 Å². The summed E-state index contributed by atoms with van der Waals surface area (Å²) < 4.78 is 11.6. The number of nitrogen functional groups attached to an aromatic ring is 1. The number of carbonyl (C=O) groups is 1. The molecule has 170 valence electrons. The van der Waals surface area contributed by atoms with Crippen LogP contribution in [-0.4, -0.2) is 32.1 Å².